The largest absolute Gasteiger partial charge is 0.480 e. The first kappa shape index (κ1) is 19.5. The van der Waals surface area contributed by atoms with Gasteiger partial charge in [0, 0.05) is 0 Å². The molecule has 122 valence electrons. The van der Waals surface area contributed by atoms with E-state index in [2.05, 4.69) is 18.3 Å². The Balaban J connectivity index is 4.09. The van der Waals surface area contributed by atoms with Crippen LogP contribution in [0, 0.1) is 0 Å². The summed E-state index contributed by atoms with van der Waals surface area (Å²) in [7, 11) is 0. The van der Waals surface area contributed by atoms with Gasteiger partial charge in [-0.1, -0.05) is 31.9 Å². The fraction of sp³-hybridized carbons (Fsp3) is 0.750. The first-order chi connectivity index (χ1) is 9.76. The Morgan fingerprint density at radius 3 is 2.33 bits per heavy atom. The number of alkyl carbamates (subject to hydrolysis) is 1. The van der Waals surface area contributed by atoms with Crippen LogP contribution in [0.25, 0.3) is 0 Å². The lowest BCUT2D eigenvalue weighted by atomic mass is 10.1. The zero-order chi connectivity index (χ0) is 16.3. The van der Waals surface area contributed by atoms with E-state index >= 15 is 0 Å². The zero-order valence-corrected chi connectivity index (χ0v) is 13.6. The van der Waals surface area contributed by atoms with Gasteiger partial charge in [-0.25, -0.2) is 9.59 Å². The van der Waals surface area contributed by atoms with Gasteiger partial charge >= 0.3 is 12.1 Å². The molecule has 0 aliphatic rings. The van der Waals surface area contributed by atoms with E-state index in [9.17, 15) is 9.59 Å². The number of hydrogen-bond acceptors (Lipinski definition) is 3. The van der Waals surface area contributed by atoms with Crippen molar-refractivity contribution in [3.63, 3.8) is 0 Å². The van der Waals surface area contributed by atoms with E-state index in [4.69, 9.17) is 9.84 Å². The first-order valence-corrected chi connectivity index (χ1v) is 7.63. The van der Waals surface area contributed by atoms with Gasteiger partial charge in [-0.2, -0.15) is 0 Å². The number of carboxylic acids is 1. The zero-order valence-electron chi connectivity index (χ0n) is 13.6. The van der Waals surface area contributed by atoms with Crippen LogP contribution < -0.4 is 5.32 Å². The highest BCUT2D eigenvalue weighted by Gasteiger charge is 2.23. The molecule has 21 heavy (non-hydrogen) atoms. The van der Waals surface area contributed by atoms with E-state index in [1.165, 1.54) is 12.8 Å². The number of unbranched alkanes of at least 4 members (excludes halogenated alkanes) is 3. The molecule has 0 heterocycles. The van der Waals surface area contributed by atoms with Gasteiger partial charge in [-0.3, -0.25) is 0 Å². The Hall–Kier alpha value is -1.52. The van der Waals surface area contributed by atoms with Crippen LogP contribution in [0.5, 0.6) is 0 Å². The standard InChI is InChI=1S/C16H29NO4/c1-5-6-7-8-9-10-11-12-13(14(18)19)17-15(20)21-16(2,3)4/h9-10,13H,5-8,11-12H2,1-4H3,(H,17,20)(H,18,19)/b10-9+/t13-/m1/s1. The topological polar surface area (TPSA) is 75.6 Å². The average Bonchev–Trinajstić information content (AvgIpc) is 2.33. The van der Waals surface area contributed by atoms with E-state index in [0.717, 1.165) is 12.8 Å². The minimum Gasteiger partial charge on any atom is -0.480 e. The van der Waals surface area contributed by atoms with Crippen LogP contribution in [0.2, 0.25) is 0 Å². The number of nitrogens with one attached hydrogen (secondary N) is 1. The highest BCUT2D eigenvalue weighted by atomic mass is 16.6. The summed E-state index contributed by atoms with van der Waals surface area (Å²) in [5, 5.41) is 11.5. The van der Waals surface area contributed by atoms with Crippen LogP contribution in [0.1, 0.15) is 66.2 Å². The van der Waals surface area contributed by atoms with Crippen LogP contribution in [0.4, 0.5) is 4.79 Å². The second-order valence-electron chi connectivity index (χ2n) is 6.08. The lowest BCUT2D eigenvalue weighted by molar-refractivity contribution is -0.139. The summed E-state index contributed by atoms with van der Waals surface area (Å²) in [4.78, 5) is 22.7. The highest BCUT2D eigenvalue weighted by molar-refractivity contribution is 5.79. The third kappa shape index (κ3) is 12.0. The number of carboxylic acid groups (broad SMARTS) is 1. The maximum Gasteiger partial charge on any atom is 0.408 e. The molecular weight excluding hydrogens is 270 g/mol. The summed E-state index contributed by atoms with van der Waals surface area (Å²) in [6.45, 7) is 7.37. The van der Waals surface area contributed by atoms with Gasteiger partial charge < -0.3 is 15.2 Å². The number of rotatable bonds is 9. The van der Waals surface area contributed by atoms with Crippen LogP contribution in [0.3, 0.4) is 0 Å². The van der Waals surface area contributed by atoms with Gasteiger partial charge in [0.2, 0.25) is 0 Å². The lowest BCUT2D eigenvalue weighted by Crippen LogP contribution is -2.43. The van der Waals surface area contributed by atoms with Crippen molar-refractivity contribution < 1.29 is 19.4 Å². The van der Waals surface area contributed by atoms with E-state index in [1.54, 1.807) is 20.8 Å². The molecule has 0 aromatic rings. The Morgan fingerprint density at radius 1 is 1.19 bits per heavy atom. The minimum absolute atomic E-state index is 0.360. The number of hydrogen-bond donors (Lipinski definition) is 2. The maximum absolute atomic E-state index is 11.6. The molecule has 0 saturated carbocycles. The maximum atomic E-state index is 11.6. The quantitative estimate of drug-likeness (QED) is 0.500. The molecule has 1 amide bonds. The molecule has 0 unspecified atom stereocenters. The number of amides is 1. The average molecular weight is 299 g/mol. The molecule has 0 saturated heterocycles. The molecule has 0 radical (unpaired) electrons. The van der Waals surface area contributed by atoms with Crippen molar-refractivity contribution >= 4 is 12.1 Å². The van der Waals surface area contributed by atoms with Crippen molar-refractivity contribution in [1.82, 2.24) is 5.32 Å². The Labute approximate surface area is 127 Å². The SMILES string of the molecule is CCCCC/C=C/CC[C@@H](NC(=O)OC(C)(C)C)C(=O)O. The molecule has 0 bridgehead atoms. The fourth-order valence-electron chi connectivity index (χ4n) is 1.72. The number of carbonyl (C=O) groups is 2. The van der Waals surface area contributed by atoms with Gasteiger partial charge in [0.25, 0.3) is 0 Å². The van der Waals surface area contributed by atoms with Gasteiger partial charge in [0.1, 0.15) is 11.6 Å². The van der Waals surface area contributed by atoms with E-state index < -0.39 is 23.7 Å². The van der Waals surface area contributed by atoms with Gasteiger partial charge in [0.05, 0.1) is 0 Å². The summed E-state index contributed by atoms with van der Waals surface area (Å²) in [5.41, 5.74) is -0.633. The highest BCUT2D eigenvalue weighted by Crippen LogP contribution is 2.08. The third-order valence-electron chi connectivity index (χ3n) is 2.75. The number of aliphatic carboxylic acids is 1. The van der Waals surface area contributed by atoms with E-state index in [1.807, 2.05) is 6.08 Å². The van der Waals surface area contributed by atoms with Crippen LogP contribution in [-0.2, 0) is 9.53 Å². The van der Waals surface area contributed by atoms with Gasteiger partial charge in [0.15, 0.2) is 0 Å². The molecule has 0 aromatic heterocycles. The van der Waals surface area contributed by atoms with Crippen LogP contribution >= 0.6 is 0 Å². The summed E-state index contributed by atoms with van der Waals surface area (Å²) in [6, 6.07) is -0.917. The van der Waals surface area contributed by atoms with Crippen molar-refractivity contribution in [2.75, 3.05) is 0 Å². The van der Waals surface area contributed by atoms with Crippen molar-refractivity contribution in [3.8, 4) is 0 Å². The smallest absolute Gasteiger partial charge is 0.408 e. The molecule has 1 atom stereocenters. The molecule has 0 spiro atoms. The van der Waals surface area contributed by atoms with Crippen molar-refractivity contribution in [1.29, 1.82) is 0 Å². The molecule has 0 aliphatic carbocycles. The van der Waals surface area contributed by atoms with Crippen LogP contribution in [0.15, 0.2) is 12.2 Å². The number of allylic oxidation sites excluding steroid dienone is 2. The monoisotopic (exact) mass is 299 g/mol. The first-order valence-electron chi connectivity index (χ1n) is 7.63. The molecule has 5 heteroatoms. The minimum atomic E-state index is -1.04. The normalized spacial score (nSPS) is 13.1. The van der Waals surface area contributed by atoms with E-state index in [0.29, 0.717) is 12.8 Å². The molecule has 5 nitrogen and oxygen atoms in total. The second-order valence-corrected chi connectivity index (χ2v) is 6.08. The third-order valence-corrected chi connectivity index (χ3v) is 2.75. The van der Waals surface area contributed by atoms with Crippen molar-refractivity contribution in [2.24, 2.45) is 0 Å². The van der Waals surface area contributed by atoms with Crippen molar-refractivity contribution in [2.45, 2.75) is 77.9 Å². The molecule has 2 N–H and O–H groups in total. The Bertz CT molecular complexity index is 345. The Morgan fingerprint density at radius 2 is 1.81 bits per heavy atom. The predicted octanol–water partition coefficient (Wildman–Crippen LogP) is 3.88. The lowest BCUT2D eigenvalue weighted by Gasteiger charge is -2.21. The molecule has 0 aromatic carbocycles. The summed E-state index contributed by atoms with van der Waals surface area (Å²) in [6.07, 6.45) is 8.91. The summed E-state index contributed by atoms with van der Waals surface area (Å²) < 4.78 is 5.06. The molecule has 0 rings (SSSR count). The Kier molecular flexibility index (Phi) is 9.50. The second kappa shape index (κ2) is 10.2. The molecule has 0 aliphatic heterocycles. The fourth-order valence-corrected chi connectivity index (χ4v) is 1.72. The molecule has 0 fully saturated rings. The van der Waals surface area contributed by atoms with Gasteiger partial charge in [-0.05, 0) is 46.5 Å². The van der Waals surface area contributed by atoms with E-state index in [-0.39, 0.29) is 0 Å². The summed E-state index contributed by atoms with van der Waals surface area (Å²) >= 11 is 0. The van der Waals surface area contributed by atoms with Gasteiger partial charge in [-0.15, -0.1) is 0 Å². The van der Waals surface area contributed by atoms with Crippen LogP contribution in [-0.4, -0.2) is 28.8 Å². The van der Waals surface area contributed by atoms with Crippen molar-refractivity contribution in [3.05, 3.63) is 12.2 Å². The summed E-state index contributed by atoms with van der Waals surface area (Å²) in [5.74, 6) is -1.04. The molecular formula is C16H29NO4. The number of carbonyl (C=O) groups excluding carboxylic acids is 1. The predicted molar refractivity (Wildman–Crippen MR) is 83.3 cm³/mol. The number of ether oxygens (including phenoxy) is 1.